The third-order valence-electron chi connectivity index (χ3n) is 7.44. The van der Waals surface area contributed by atoms with Crippen LogP contribution in [0.25, 0.3) is 32.7 Å². The number of rotatable bonds is 4. The molecule has 0 aromatic heterocycles. The van der Waals surface area contributed by atoms with Gasteiger partial charge in [-0.3, -0.25) is 0 Å². The summed E-state index contributed by atoms with van der Waals surface area (Å²) >= 11 is -2.17. The van der Waals surface area contributed by atoms with Gasteiger partial charge >= 0.3 is 199 Å². The van der Waals surface area contributed by atoms with Gasteiger partial charge in [0.05, 0.1) is 0 Å². The predicted molar refractivity (Wildman–Crippen MR) is 136 cm³/mol. The van der Waals surface area contributed by atoms with E-state index in [0.29, 0.717) is 3.63 Å². The SMILES string of the molecule is CC[C](CC)=[Zr+2]([C]1=CC=CC1)[CH]1c2ccccc2-c2c1c1ccccc1c1ccccc21.[Cl-].[Cl-]. The van der Waals surface area contributed by atoms with Crippen LogP contribution in [0, 0.1) is 0 Å². The zero-order valence-corrected chi connectivity index (χ0v) is 23.6. The number of allylic oxidation sites excluding steroid dienone is 4. The fourth-order valence-corrected chi connectivity index (χ4v) is 15.3. The third kappa shape index (κ3) is 3.81. The van der Waals surface area contributed by atoms with Gasteiger partial charge in [0.1, 0.15) is 0 Å². The minimum absolute atomic E-state index is 0. The van der Waals surface area contributed by atoms with Crippen LogP contribution in [0.4, 0.5) is 0 Å². The van der Waals surface area contributed by atoms with Gasteiger partial charge < -0.3 is 24.8 Å². The topological polar surface area (TPSA) is 0 Å². The Balaban J connectivity index is 0.00000137. The molecule has 0 fully saturated rings. The van der Waals surface area contributed by atoms with E-state index >= 15 is 0 Å². The minimum Gasteiger partial charge on any atom is -1.00 e. The molecule has 2 aliphatic rings. The molecule has 2 aliphatic carbocycles. The molecule has 4 aromatic rings. The van der Waals surface area contributed by atoms with Crippen molar-refractivity contribution in [3.63, 3.8) is 0 Å². The van der Waals surface area contributed by atoms with Crippen molar-refractivity contribution < 1.29 is 46.1 Å². The molecule has 34 heavy (non-hydrogen) atoms. The summed E-state index contributed by atoms with van der Waals surface area (Å²) in [6.45, 7) is 4.78. The molecule has 0 bridgehead atoms. The van der Waals surface area contributed by atoms with Crippen molar-refractivity contribution in [3.05, 3.63) is 105 Å². The molecule has 0 N–H and O–H groups in total. The Morgan fingerprint density at radius 1 is 0.765 bits per heavy atom. The molecule has 0 saturated carbocycles. The summed E-state index contributed by atoms with van der Waals surface area (Å²) in [4.78, 5) is 0. The van der Waals surface area contributed by atoms with E-state index < -0.39 is 21.3 Å². The first-order valence-electron chi connectivity index (χ1n) is 11.9. The van der Waals surface area contributed by atoms with Crippen molar-refractivity contribution in [2.75, 3.05) is 0 Å². The maximum Gasteiger partial charge on any atom is -1.00 e. The van der Waals surface area contributed by atoms with E-state index in [1.807, 2.05) is 3.21 Å². The summed E-state index contributed by atoms with van der Waals surface area (Å²) in [5, 5.41) is 5.69. The number of halogens is 2. The van der Waals surface area contributed by atoms with E-state index in [0.717, 1.165) is 6.42 Å². The van der Waals surface area contributed by atoms with Crippen LogP contribution in [0.15, 0.2) is 94.3 Å². The van der Waals surface area contributed by atoms with Crippen LogP contribution in [0.3, 0.4) is 0 Å². The first kappa shape index (κ1) is 25.3. The van der Waals surface area contributed by atoms with Gasteiger partial charge in [0.25, 0.3) is 0 Å². The van der Waals surface area contributed by atoms with Gasteiger partial charge in [0, 0.05) is 0 Å². The van der Waals surface area contributed by atoms with Crippen LogP contribution >= 0.6 is 0 Å². The average molecular weight is 563 g/mol. The van der Waals surface area contributed by atoms with Crippen LogP contribution in [-0.2, 0) is 21.3 Å². The quantitative estimate of drug-likeness (QED) is 0.336. The largest absolute Gasteiger partial charge is 1.00 e. The van der Waals surface area contributed by atoms with Crippen LogP contribution in [0.5, 0.6) is 0 Å². The Bertz CT molecular complexity index is 1470. The Morgan fingerprint density at radius 3 is 2.00 bits per heavy atom. The molecule has 1 unspecified atom stereocenters. The van der Waals surface area contributed by atoms with Crippen molar-refractivity contribution in [2.45, 2.75) is 36.7 Å². The monoisotopic (exact) mass is 560 g/mol. The molecule has 0 aliphatic heterocycles. The molecular formula is C31H28Cl2Zr. The van der Waals surface area contributed by atoms with Crippen molar-refractivity contribution in [3.8, 4) is 11.1 Å². The molecule has 0 radical (unpaired) electrons. The summed E-state index contributed by atoms with van der Waals surface area (Å²) in [6.07, 6.45) is 10.8. The minimum atomic E-state index is -2.17. The van der Waals surface area contributed by atoms with Crippen molar-refractivity contribution in [1.29, 1.82) is 0 Å². The molecule has 0 saturated heterocycles. The van der Waals surface area contributed by atoms with Crippen molar-refractivity contribution >= 4 is 24.8 Å². The van der Waals surface area contributed by atoms with E-state index in [1.165, 1.54) is 45.5 Å². The molecule has 4 aromatic carbocycles. The van der Waals surface area contributed by atoms with E-state index in [9.17, 15) is 0 Å². The molecule has 0 spiro atoms. The molecule has 3 heteroatoms. The van der Waals surface area contributed by atoms with E-state index in [-0.39, 0.29) is 24.8 Å². The second-order valence-corrected chi connectivity index (χ2v) is 15.7. The maximum atomic E-state index is 2.48. The molecular weight excluding hydrogens is 534 g/mol. The number of fused-ring (bicyclic) bond motifs is 8. The zero-order chi connectivity index (χ0) is 21.7. The summed E-state index contributed by atoms with van der Waals surface area (Å²) in [5.74, 6) is 0. The summed E-state index contributed by atoms with van der Waals surface area (Å²) in [7, 11) is 0. The van der Waals surface area contributed by atoms with E-state index in [2.05, 4.69) is 105 Å². The summed E-state index contributed by atoms with van der Waals surface area (Å²) in [6, 6.07) is 27.6. The molecule has 170 valence electrons. The first-order valence-corrected chi connectivity index (χ1v) is 15.8. The fourth-order valence-electron chi connectivity index (χ4n) is 6.08. The Labute approximate surface area is 222 Å². The number of hydrogen-bond acceptors (Lipinski definition) is 0. The van der Waals surface area contributed by atoms with E-state index in [1.54, 1.807) is 14.4 Å². The normalized spacial score (nSPS) is 15.1. The second-order valence-electron chi connectivity index (χ2n) is 8.95. The zero-order valence-electron chi connectivity index (χ0n) is 19.6. The second kappa shape index (κ2) is 10.5. The van der Waals surface area contributed by atoms with Crippen molar-refractivity contribution in [2.24, 2.45) is 0 Å². The van der Waals surface area contributed by atoms with Gasteiger partial charge in [-0.25, -0.2) is 0 Å². The smallest absolute Gasteiger partial charge is 1.00 e. The van der Waals surface area contributed by atoms with Crippen molar-refractivity contribution in [1.82, 2.24) is 0 Å². The van der Waals surface area contributed by atoms with Gasteiger partial charge in [-0.1, -0.05) is 0 Å². The number of benzene rings is 4. The van der Waals surface area contributed by atoms with Crippen LogP contribution in [0.1, 0.15) is 47.9 Å². The average Bonchev–Trinajstić information content (AvgIpc) is 3.50. The van der Waals surface area contributed by atoms with Gasteiger partial charge in [-0.2, -0.15) is 0 Å². The van der Waals surface area contributed by atoms with Gasteiger partial charge in [-0.05, 0) is 0 Å². The van der Waals surface area contributed by atoms with Gasteiger partial charge in [-0.15, -0.1) is 0 Å². The standard InChI is InChI=1S/C21H13.C5H5.C5H10.2ClH.Zr/c1-2-8-15-14(7-1)13-20-18-11-4-3-9-16(18)17-10-5-6-12-19(17)21(15)20;1-2-4-5-3-1;1-3-5-4-2;;;/h1-13H;1-3H,4H2;3-4H2,1-2H3;2*1H;/q;;;;;+2/p-2. The summed E-state index contributed by atoms with van der Waals surface area (Å²) in [5.41, 5.74) is 6.20. The molecule has 0 heterocycles. The Kier molecular flexibility index (Phi) is 7.78. The first-order chi connectivity index (χ1) is 15.8. The molecule has 6 rings (SSSR count). The summed E-state index contributed by atoms with van der Waals surface area (Å²) < 4.78 is 4.21. The number of hydrogen-bond donors (Lipinski definition) is 0. The predicted octanol–water partition coefficient (Wildman–Crippen LogP) is 2.53. The van der Waals surface area contributed by atoms with Crippen LogP contribution in [0.2, 0.25) is 0 Å². The van der Waals surface area contributed by atoms with Gasteiger partial charge in [0.2, 0.25) is 0 Å². The maximum absolute atomic E-state index is 2.48. The molecule has 0 nitrogen and oxygen atoms in total. The Morgan fingerprint density at radius 2 is 1.35 bits per heavy atom. The van der Waals surface area contributed by atoms with Gasteiger partial charge in [0.15, 0.2) is 0 Å². The van der Waals surface area contributed by atoms with E-state index in [4.69, 9.17) is 0 Å². The third-order valence-corrected chi connectivity index (χ3v) is 16.6. The fraction of sp³-hybridized carbons (Fsp3) is 0.194. The molecule has 1 atom stereocenters. The van der Waals surface area contributed by atoms with Crippen LogP contribution in [-0.4, -0.2) is 3.21 Å². The Hall–Kier alpha value is -1.79. The molecule has 0 amide bonds. The van der Waals surface area contributed by atoms with Crippen LogP contribution < -0.4 is 24.8 Å².